The Morgan fingerprint density at radius 3 is 2.20 bits per heavy atom. The van der Waals surface area contributed by atoms with Crippen LogP contribution in [-0.2, 0) is 9.47 Å². The zero-order chi connectivity index (χ0) is 11.9. The third-order valence-electron chi connectivity index (χ3n) is 2.10. The van der Waals surface area contributed by atoms with Gasteiger partial charge in [0, 0.05) is 13.0 Å². The first-order valence-corrected chi connectivity index (χ1v) is 5.53. The fourth-order valence-electron chi connectivity index (χ4n) is 1.29. The molecule has 2 unspecified atom stereocenters. The molecule has 0 aliphatic heterocycles. The van der Waals surface area contributed by atoms with E-state index in [9.17, 15) is 5.11 Å². The Hall–Kier alpha value is -0.160. The predicted molar refractivity (Wildman–Crippen MR) is 60.8 cm³/mol. The third-order valence-corrected chi connectivity index (χ3v) is 2.10. The Bertz CT molecular complexity index is 160. The van der Waals surface area contributed by atoms with Gasteiger partial charge in [0.15, 0.2) is 0 Å². The van der Waals surface area contributed by atoms with Gasteiger partial charge in [0.05, 0.1) is 31.0 Å². The molecule has 0 radical (unpaired) electrons. The number of hydrogen-bond donors (Lipinski definition) is 2. The molecule has 0 aromatic rings. The van der Waals surface area contributed by atoms with Gasteiger partial charge in [0.2, 0.25) is 0 Å². The summed E-state index contributed by atoms with van der Waals surface area (Å²) in [7, 11) is 0. The van der Waals surface area contributed by atoms with Crippen molar-refractivity contribution in [3.8, 4) is 0 Å². The summed E-state index contributed by atoms with van der Waals surface area (Å²) in [6.07, 6.45) is 0.779. The summed E-state index contributed by atoms with van der Waals surface area (Å²) in [5.41, 5.74) is 4.58. The van der Waals surface area contributed by atoms with Crippen LogP contribution >= 0.6 is 0 Å². The lowest BCUT2D eigenvalue weighted by molar-refractivity contribution is -0.0425. The topological polar surface area (TPSA) is 64.7 Å². The van der Waals surface area contributed by atoms with Gasteiger partial charge in [-0.1, -0.05) is 0 Å². The van der Waals surface area contributed by atoms with Gasteiger partial charge in [0.25, 0.3) is 0 Å². The normalized spacial score (nSPS) is 17.8. The minimum Gasteiger partial charge on any atom is -0.389 e. The Morgan fingerprint density at radius 2 is 1.73 bits per heavy atom. The van der Waals surface area contributed by atoms with Gasteiger partial charge >= 0.3 is 0 Å². The molecule has 0 aliphatic rings. The summed E-state index contributed by atoms with van der Waals surface area (Å²) in [6, 6.07) is 0. The summed E-state index contributed by atoms with van der Waals surface area (Å²) >= 11 is 0. The van der Waals surface area contributed by atoms with E-state index in [2.05, 4.69) is 0 Å². The molecule has 0 amide bonds. The van der Waals surface area contributed by atoms with E-state index in [1.54, 1.807) is 6.92 Å². The van der Waals surface area contributed by atoms with E-state index in [0.29, 0.717) is 19.6 Å². The van der Waals surface area contributed by atoms with Gasteiger partial charge < -0.3 is 20.3 Å². The Balaban J connectivity index is 3.53. The standard InChI is InChI=1S/C11H25NO3/c1-9(2)14-5-6-15-10(3)7-11(4,13)8-12/h9-10,13H,5-8,12H2,1-4H3. The van der Waals surface area contributed by atoms with Crippen LogP contribution in [0.2, 0.25) is 0 Å². The van der Waals surface area contributed by atoms with E-state index in [4.69, 9.17) is 15.2 Å². The first-order chi connectivity index (χ1) is 6.87. The summed E-state index contributed by atoms with van der Waals surface area (Å²) in [6.45, 7) is 9.03. The number of hydrogen-bond acceptors (Lipinski definition) is 4. The maximum Gasteiger partial charge on any atom is 0.0765 e. The smallest absolute Gasteiger partial charge is 0.0765 e. The predicted octanol–water partition coefficient (Wildman–Crippen LogP) is 0.916. The number of nitrogens with two attached hydrogens (primary N) is 1. The van der Waals surface area contributed by atoms with Crippen molar-refractivity contribution in [1.82, 2.24) is 0 Å². The van der Waals surface area contributed by atoms with Gasteiger partial charge in [-0.15, -0.1) is 0 Å². The second kappa shape index (κ2) is 7.17. The van der Waals surface area contributed by atoms with Gasteiger partial charge in [-0.3, -0.25) is 0 Å². The molecular weight excluding hydrogens is 194 g/mol. The number of aliphatic hydroxyl groups is 1. The van der Waals surface area contributed by atoms with Crippen molar-refractivity contribution in [2.45, 2.75) is 51.9 Å². The van der Waals surface area contributed by atoms with E-state index in [1.807, 2.05) is 20.8 Å². The van der Waals surface area contributed by atoms with E-state index in [-0.39, 0.29) is 18.8 Å². The highest BCUT2D eigenvalue weighted by Gasteiger charge is 2.21. The summed E-state index contributed by atoms with van der Waals surface area (Å²) in [5.74, 6) is 0. The zero-order valence-corrected chi connectivity index (χ0v) is 10.3. The molecule has 4 nitrogen and oxygen atoms in total. The lowest BCUT2D eigenvalue weighted by atomic mass is 10.00. The lowest BCUT2D eigenvalue weighted by Gasteiger charge is -2.25. The van der Waals surface area contributed by atoms with Gasteiger partial charge in [-0.2, -0.15) is 0 Å². The van der Waals surface area contributed by atoms with Crippen LogP contribution in [0, 0.1) is 0 Å². The minimum absolute atomic E-state index is 0.000637. The molecule has 0 fully saturated rings. The molecule has 3 N–H and O–H groups in total. The van der Waals surface area contributed by atoms with E-state index >= 15 is 0 Å². The van der Waals surface area contributed by atoms with E-state index in [1.165, 1.54) is 0 Å². The second-order valence-corrected chi connectivity index (χ2v) is 4.51. The largest absolute Gasteiger partial charge is 0.389 e. The van der Waals surface area contributed by atoms with Crippen LogP contribution in [0.3, 0.4) is 0 Å². The van der Waals surface area contributed by atoms with Gasteiger partial charge in [0.1, 0.15) is 0 Å². The average Bonchev–Trinajstić information content (AvgIpc) is 2.11. The molecule has 0 aromatic carbocycles. The van der Waals surface area contributed by atoms with Crippen molar-refractivity contribution in [3.05, 3.63) is 0 Å². The van der Waals surface area contributed by atoms with Crippen molar-refractivity contribution < 1.29 is 14.6 Å². The first-order valence-electron chi connectivity index (χ1n) is 5.53. The van der Waals surface area contributed by atoms with Crippen LogP contribution < -0.4 is 5.73 Å². The minimum atomic E-state index is -0.835. The molecule has 0 aromatic heterocycles. The molecule has 0 heterocycles. The zero-order valence-electron chi connectivity index (χ0n) is 10.3. The summed E-state index contributed by atoms with van der Waals surface area (Å²) in [5, 5.41) is 9.70. The first kappa shape index (κ1) is 14.8. The van der Waals surface area contributed by atoms with Crippen LogP contribution in [0.15, 0.2) is 0 Å². The molecule has 4 heteroatoms. The van der Waals surface area contributed by atoms with Crippen LogP contribution in [0.1, 0.15) is 34.1 Å². The Morgan fingerprint density at radius 1 is 1.20 bits per heavy atom. The number of ether oxygens (including phenoxy) is 2. The SMILES string of the molecule is CC(C)OCCOC(C)CC(C)(O)CN. The number of rotatable bonds is 8. The summed E-state index contributed by atoms with van der Waals surface area (Å²) < 4.78 is 10.8. The molecule has 0 rings (SSSR count). The highest BCUT2D eigenvalue weighted by atomic mass is 16.5. The fourth-order valence-corrected chi connectivity index (χ4v) is 1.29. The van der Waals surface area contributed by atoms with Crippen molar-refractivity contribution >= 4 is 0 Å². The molecule has 0 aliphatic carbocycles. The molecule has 0 saturated heterocycles. The third kappa shape index (κ3) is 8.81. The Labute approximate surface area is 92.7 Å². The second-order valence-electron chi connectivity index (χ2n) is 4.51. The highest BCUT2D eigenvalue weighted by molar-refractivity contribution is 4.76. The van der Waals surface area contributed by atoms with Crippen LogP contribution in [0.4, 0.5) is 0 Å². The fraction of sp³-hybridized carbons (Fsp3) is 1.00. The molecule has 15 heavy (non-hydrogen) atoms. The maximum atomic E-state index is 9.70. The quantitative estimate of drug-likeness (QED) is 0.596. The lowest BCUT2D eigenvalue weighted by Crippen LogP contribution is -2.38. The molecule has 0 bridgehead atoms. The van der Waals surface area contributed by atoms with Gasteiger partial charge in [-0.25, -0.2) is 0 Å². The van der Waals surface area contributed by atoms with Crippen molar-refractivity contribution in [2.75, 3.05) is 19.8 Å². The van der Waals surface area contributed by atoms with E-state index < -0.39 is 5.60 Å². The molecule has 0 spiro atoms. The molecule has 2 atom stereocenters. The maximum absolute atomic E-state index is 9.70. The van der Waals surface area contributed by atoms with Crippen molar-refractivity contribution in [1.29, 1.82) is 0 Å². The average molecular weight is 219 g/mol. The Kier molecular flexibility index (Phi) is 7.09. The molecular formula is C11H25NO3. The van der Waals surface area contributed by atoms with Crippen LogP contribution in [0.5, 0.6) is 0 Å². The monoisotopic (exact) mass is 219 g/mol. The van der Waals surface area contributed by atoms with Crippen LogP contribution in [0.25, 0.3) is 0 Å². The molecule has 0 saturated carbocycles. The van der Waals surface area contributed by atoms with Gasteiger partial charge in [-0.05, 0) is 27.7 Å². The summed E-state index contributed by atoms with van der Waals surface area (Å²) in [4.78, 5) is 0. The van der Waals surface area contributed by atoms with E-state index in [0.717, 1.165) is 0 Å². The van der Waals surface area contributed by atoms with Crippen LogP contribution in [-0.4, -0.2) is 42.7 Å². The van der Waals surface area contributed by atoms with Crippen molar-refractivity contribution in [2.24, 2.45) is 5.73 Å². The highest BCUT2D eigenvalue weighted by Crippen LogP contribution is 2.12. The molecule has 92 valence electrons. The van der Waals surface area contributed by atoms with Crippen molar-refractivity contribution in [3.63, 3.8) is 0 Å².